The first kappa shape index (κ1) is 72.0. The van der Waals surface area contributed by atoms with Crippen LogP contribution in [0.3, 0.4) is 0 Å². The van der Waals surface area contributed by atoms with Crippen LogP contribution in [0.25, 0.3) is 0 Å². The number of aliphatic carboxylic acids is 4. The summed E-state index contributed by atoms with van der Waals surface area (Å²) < 4.78 is 95.2. The predicted molar refractivity (Wildman–Crippen MR) is 257 cm³/mol. The summed E-state index contributed by atoms with van der Waals surface area (Å²) in [7, 11) is 0. The molecule has 0 heterocycles. The van der Waals surface area contributed by atoms with Gasteiger partial charge in [0.25, 0.3) is 0 Å². The zero-order valence-electron chi connectivity index (χ0n) is 42.3. The highest BCUT2D eigenvalue weighted by Gasteiger charge is 2.40. The first-order valence-electron chi connectivity index (χ1n) is 23.4. The number of nitrogens with two attached hydrogens (primary N) is 3. The summed E-state index contributed by atoms with van der Waals surface area (Å²) >= 11 is 0. The molecule has 0 bridgehead atoms. The molecule has 21 nitrogen and oxygen atoms in total. The molecule has 0 aromatic heterocycles. The topological polar surface area (TPSA) is 373 Å². The maximum absolute atomic E-state index is 14.0. The van der Waals surface area contributed by atoms with Crippen molar-refractivity contribution in [3.8, 4) is 0 Å². The quantitative estimate of drug-likeness (QED) is 0.0475. The highest BCUT2D eigenvalue weighted by Crippen LogP contribution is 2.16. The first-order valence-corrected chi connectivity index (χ1v) is 23.4. The molecular formula is C47H67F9N8O13. The van der Waals surface area contributed by atoms with Gasteiger partial charge in [0.05, 0.1) is 6.04 Å². The lowest BCUT2D eigenvalue weighted by atomic mass is 9.98. The van der Waals surface area contributed by atoms with Crippen LogP contribution in [0.1, 0.15) is 83.8 Å². The van der Waals surface area contributed by atoms with Crippen LogP contribution in [-0.2, 0) is 56.0 Å². The molecule has 2 aromatic rings. The third-order valence-corrected chi connectivity index (χ3v) is 10.0. The molecule has 0 aliphatic carbocycles. The fraction of sp³-hybridized carbons (Fsp3) is 0.553. The fourth-order valence-electron chi connectivity index (χ4n) is 6.09. The molecule has 2 rings (SSSR count). The van der Waals surface area contributed by atoms with E-state index in [4.69, 9.17) is 46.9 Å². The van der Waals surface area contributed by atoms with Gasteiger partial charge in [-0.3, -0.25) is 24.0 Å². The van der Waals surface area contributed by atoms with Gasteiger partial charge in [0.1, 0.15) is 30.2 Å². The highest BCUT2D eigenvalue weighted by molar-refractivity contribution is 5.96. The van der Waals surface area contributed by atoms with Crippen molar-refractivity contribution in [1.29, 1.82) is 0 Å². The summed E-state index contributed by atoms with van der Waals surface area (Å²) in [6.45, 7) is 8.10. The Morgan fingerprint density at radius 2 is 0.805 bits per heavy atom. The van der Waals surface area contributed by atoms with Crippen LogP contribution < -0.4 is 43.8 Å². The van der Waals surface area contributed by atoms with Crippen LogP contribution in [0.4, 0.5) is 39.5 Å². The van der Waals surface area contributed by atoms with Crippen molar-refractivity contribution in [3.05, 3.63) is 71.8 Å². The second-order valence-corrected chi connectivity index (χ2v) is 17.4. The molecule has 77 heavy (non-hydrogen) atoms. The summed E-state index contributed by atoms with van der Waals surface area (Å²) in [4.78, 5) is 107. The second-order valence-electron chi connectivity index (χ2n) is 17.4. The van der Waals surface area contributed by atoms with Crippen LogP contribution in [0, 0.1) is 11.8 Å². The summed E-state index contributed by atoms with van der Waals surface area (Å²) in [6.07, 6.45) is -11.7. The van der Waals surface area contributed by atoms with Gasteiger partial charge in [-0.05, 0) is 74.6 Å². The molecule has 5 amide bonds. The summed E-state index contributed by atoms with van der Waals surface area (Å²) in [5.74, 6) is -13.0. The van der Waals surface area contributed by atoms with Gasteiger partial charge in [0, 0.05) is 12.8 Å². The summed E-state index contributed by atoms with van der Waals surface area (Å²) in [6, 6.07) is 11.4. The van der Waals surface area contributed by atoms with E-state index in [9.17, 15) is 73.4 Å². The number of rotatable bonds is 26. The van der Waals surface area contributed by atoms with Gasteiger partial charge in [0.15, 0.2) is 0 Å². The summed E-state index contributed by atoms with van der Waals surface area (Å²) in [5, 5.41) is 45.0. The van der Waals surface area contributed by atoms with Crippen LogP contribution in [0.5, 0.6) is 0 Å². The number of nitrogens with one attached hydrogen (secondary N) is 5. The molecular weight excluding hydrogens is 1060 g/mol. The van der Waals surface area contributed by atoms with Gasteiger partial charge in [-0.2, -0.15) is 39.5 Å². The van der Waals surface area contributed by atoms with Crippen molar-refractivity contribution in [3.63, 3.8) is 0 Å². The SMILES string of the molecule is CC(C)C[C@H](NC(=O)[C@H](CCCCN)NC(=O)[C@@H](N)CCCCN)C(=O)N[C@H](C(=O)N[C@@H](Cc1ccccc1)C(=O)N[C@@H](Cc1ccccc1)C(=O)O)C(C)C.O=C(O)C(F)(F)F.O=C(O)C(F)(F)F.O=C(O)C(F)(F)F. The van der Waals surface area contributed by atoms with Crippen molar-refractivity contribution < 1.29 is 103 Å². The van der Waals surface area contributed by atoms with Crippen molar-refractivity contribution >= 4 is 53.4 Å². The Labute approximate surface area is 436 Å². The third kappa shape index (κ3) is 32.9. The number of alkyl halides is 9. The van der Waals surface area contributed by atoms with E-state index in [-0.39, 0.29) is 31.6 Å². The zero-order chi connectivity index (χ0) is 59.9. The Morgan fingerprint density at radius 1 is 0.468 bits per heavy atom. The Kier molecular flexibility index (Phi) is 33.7. The number of amides is 5. The van der Waals surface area contributed by atoms with E-state index < -0.39 is 114 Å². The number of benzene rings is 2. The maximum atomic E-state index is 14.0. The predicted octanol–water partition coefficient (Wildman–Crippen LogP) is 3.17. The fourth-order valence-corrected chi connectivity index (χ4v) is 6.09. The average molecular weight is 1120 g/mol. The Balaban J connectivity index is 0. The van der Waals surface area contributed by atoms with Crippen LogP contribution in [0.2, 0.25) is 0 Å². The van der Waals surface area contributed by atoms with E-state index in [0.29, 0.717) is 50.8 Å². The monoisotopic (exact) mass is 1120 g/mol. The molecule has 0 saturated carbocycles. The molecule has 0 fully saturated rings. The Morgan fingerprint density at radius 3 is 1.17 bits per heavy atom. The minimum atomic E-state index is -5.08. The molecule has 0 spiro atoms. The van der Waals surface area contributed by atoms with E-state index in [2.05, 4.69) is 26.6 Å². The Hall–Kier alpha value is -7.08. The van der Waals surface area contributed by atoms with Gasteiger partial charge in [-0.15, -0.1) is 0 Å². The van der Waals surface area contributed by atoms with E-state index in [1.54, 1.807) is 68.4 Å². The molecule has 0 aliphatic heterocycles. The Bertz CT molecular complexity index is 2100. The lowest BCUT2D eigenvalue weighted by Gasteiger charge is -2.29. The minimum Gasteiger partial charge on any atom is -0.480 e. The number of carboxylic acid groups (broad SMARTS) is 4. The van der Waals surface area contributed by atoms with E-state index in [1.165, 1.54) is 0 Å². The van der Waals surface area contributed by atoms with E-state index in [1.807, 2.05) is 19.9 Å². The number of carbonyl (C=O) groups is 9. The molecule has 2 aromatic carbocycles. The number of halogens is 9. The maximum Gasteiger partial charge on any atom is 0.490 e. The van der Waals surface area contributed by atoms with Gasteiger partial charge in [0.2, 0.25) is 29.5 Å². The molecule has 0 unspecified atom stereocenters. The largest absolute Gasteiger partial charge is 0.490 e. The molecule has 15 N–H and O–H groups in total. The number of hydrogen-bond donors (Lipinski definition) is 12. The number of hydrogen-bond acceptors (Lipinski definition) is 12. The van der Waals surface area contributed by atoms with Crippen molar-refractivity contribution in [2.45, 2.75) is 140 Å². The minimum absolute atomic E-state index is 0.0285. The normalized spacial score (nSPS) is 13.6. The van der Waals surface area contributed by atoms with Gasteiger partial charge in [-0.1, -0.05) is 94.8 Å². The lowest BCUT2D eigenvalue weighted by Crippen LogP contribution is -2.60. The van der Waals surface area contributed by atoms with Gasteiger partial charge in [-0.25, -0.2) is 19.2 Å². The number of unbranched alkanes of at least 4 members (excludes halogenated alkanes) is 2. The van der Waals surface area contributed by atoms with Crippen LogP contribution >= 0.6 is 0 Å². The van der Waals surface area contributed by atoms with Crippen molar-refractivity contribution in [1.82, 2.24) is 26.6 Å². The highest BCUT2D eigenvalue weighted by atomic mass is 19.4. The third-order valence-electron chi connectivity index (χ3n) is 10.0. The summed E-state index contributed by atoms with van der Waals surface area (Å²) in [5.41, 5.74) is 18.8. The van der Waals surface area contributed by atoms with Gasteiger partial charge < -0.3 is 64.2 Å². The van der Waals surface area contributed by atoms with E-state index >= 15 is 0 Å². The smallest absolute Gasteiger partial charge is 0.480 e. The molecule has 0 radical (unpaired) electrons. The number of carbonyl (C=O) groups excluding carboxylic acids is 5. The van der Waals surface area contributed by atoms with Crippen LogP contribution in [-0.4, -0.2) is 142 Å². The van der Waals surface area contributed by atoms with E-state index in [0.717, 1.165) is 5.56 Å². The molecule has 6 atom stereocenters. The van der Waals surface area contributed by atoms with Gasteiger partial charge >= 0.3 is 42.4 Å². The van der Waals surface area contributed by atoms with Crippen molar-refractivity contribution in [2.24, 2.45) is 29.0 Å². The molecule has 30 heteroatoms. The molecule has 0 aliphatic rings. The molecule has 436 valence electrons. The first-order chi connectivity index (χ1) is 35.5. The number of carboxylic acids is 4. The average Bonchev–Trinajstić information content (AvgIpc) is 3.32. The van der Waals surface area contributed by atoms with Crippen molar-refractivity contribution in [2.75, 3.05) is 13.1 Å². The second kappa shape index (κ2) is 36.0. The molecule has 0 saturated heterocycles. The van der Waals surface area contributed by atoms with Crippen LogP contribution in [0.15, 0.2) is 60.7 Å². The zero-order valence-corrected chi connectivity index (χ0v) is 42.3. The standard InChI is InChI=1S/C41H64N8O7.3C2HF3O2/c1-26(2)23-32(46-37(51)31(20-12-14-22-43)45-36(50)30(44)19-11-13-21-42)39(53)49-35(27(3)4)40(54)47-33(24-28-15-7-5-8-16-28)38(52)48-34(41(55)56)25-29-17-9-6-10-18-29;3*3-2(4,5)1(6)7/h5-10,15-18,26-27,30-35H,11-14,19-25,42-44H2,1-4H3,(H,45,50)(H,46,51)(H,47,54)(H,48,52)(H,49,53)(H,55,56);3*(H,6,7)/t30-,31-,32-,33-,34-,35-;;;/m0.../s1. The lowest BCUT2D eigenvalue weighted by molar-refractivity contribution is -0.193.